The molecule has 0 saturated heterocycles. The number of aliphatic hydroxyl groups is 1. The Balaban J connectivity index is 2.97. The molecule has 0 aliphatic rings. The Kier molecular flexibility index (Phi) is 3.75. The van der Waals surface area contributed by atoms with Crippen LogP contribution in [0.25, 0.3) is 0 Å². The Labute approximate surface area is 92.5 Å². The third kappa shape index (κ3) is 2.51. The van der Waals surface area contributed by atoms with Crippen LogP contribution >= 0.6 is 0 Å². The third-order valence-electron chi connectivity index (χ3n) is 3.09. The molecule has 0 saturated carbocycles. The SMILES string of the molecule is CCC(O)(CC)c1ccc(N(C)C)cc1. The minimum absolute atomic E-state index is 0.662. The smallest absolute Gasteiger partial charge is 0.0891 e. The Morgan fingerprint density at radius 2 is 1.53 bits per heavy atom. The molecule has 0 aromatic heterocycles. The van der Waals surface area contributed by atoms with E-state index in [1.165, 1.54) is 0 Å². The fourth-order valence-electron chi connectivity index (χ4n) is 1.73. The van der Waals surface area contributed by atoms with Crippen LogP contribution in [0.3, 0.4) is 0 Å². The van der Waals surface area contributed by atoms with Crippen LogP contribution in [0.15, 0.2) is 24.3 Å². The molecule has 0 fully saturated rings. The zero-order chi connectivity index (χ0) is 11.5. The van der Waals surface area contributed by atoms with Gasteiger partial charge in [0.25, 0.3) is 0 Å². The lowest BCUT2D eigenvalue weighted by Crippen LogP contribution is -2.23. The lowest BCUT2D eigenvalue weighted by molar-refractivity contribution is 0.0284. The van der Waals surface area contributed by atoms with E-state index in [1.807, 2.05) is 52.2 Å². The zero-order valence-electron chi connectivity index (χ0n) is 10.1. The molecule has 0 spiro atoms. The van der Waals surface area contributed by atoms with Crippen molar-refractivity contribution in [2.75, 3.05) is 19.0 Å². The van der Waals surface area contributed by atoms with Crippen molar-refractivity contribution < 1.29 is 5.11 Å². The fraction of sp³-hybridized carbons (Fsp3) is 0.538. The zero-order valence-corrected chi connectivity index (χ0v) is 10.1. The van der Waals surface area contributed by atoms with Crippen LogP contribution in [-0.2, 0) is 5.60 Å². The monoisotopic (exact) mass is 207 g/mol. The molecule has 0 aliphatic heterocycles. The van der Waals surface area contributed by atoms with Gasteiger partial charge in [-0.3, -0.25) is 0 Å². The summed E-state index contributed by atoms with van der Waals surface area (Å²) < 4.78 is 0. The summed E-state index contributed by atoms with van der Waals surface area (Å²) in [4.78, 5) is 2.06. The summed E-state index contributed by atoms with van der Waals surface area (Å²) in [6.45, 7) is 4.03. The van der Waals surface area contributed by atoms with Gasteiger partial charge in [-0.05, 0) is 30.5 Å². The Morgan fingerprint density at radius 1 is 1.07 bits per heavy atom. The minimum Gasteiger partial charge on any atom is -0.385 e. The van der Waals surface area contributed by atoms with E-state index in [2.05, 4.69) is 4.90 Å². The quantitative estimate of drug-likeness (QED) is 0.820. The lowest BCUT2D eigenvalue weighted by Gasteiger charge is -2.26. The second-order valence-corrected chi connectivity index (χ2v) is 4.18. The van der Waals surface area contributed by atoms with Gasteiger partial charge in [-0.25, -0.2) is 0 Å². The Bertz CT molecular complexity index is 299. The van der Waals surface area contributed by atoms with Crippen LogP contribution in [0.1, 0.15) is 32.3 Å². The largest absolute Gasteiger partial charge is 0.385 e. The van der Waals surface area contributed by atoms with Crippen LogP contribution in [0.5, 0.6) is 0 Å². The van der Waals surface area contributed by atoms with E-state index in [9.17, 15) is 5.11 Å². The molecule has 15 heavy (non-hydrogen) atoms. The normalized spacial score (nSPS) is 11.5. The van der Waals surface area contributed by atoms with Crippen LogP contribution in [-0.4, -0.2) is 19.2 Å². The van der Waals surface area contributed by atoms with Crippen LogP contribution < -0.4 is 4.90 Å². The molecule has 2 nitrogen and oxygen atoms in total. The van der Waals surface area contributed by atoms with Gasteiger partial charge in [0.15, 0.2) is 0 Å². The molecule has 84 valence electrons. The van der Waals surface area contributed by atoms with Crippen LogP contribution in [0.4, 0.5) is 5.69 Å². The third-order valence-corrected chi connectivity index (χ3v) is 3.09. The molecule has 2 heteroatoms. The maximum Gasteiger partial charge on any atom is 0.0891 e. The summed E-state index contributed by atoms with van der Waals surface area (Å²) in [5.74, 6) is 0. The molecule has 0 bridgehead atoms. The van der Waals surface area contributed by atoms with Crippen molar-refractivity contribution in [3.8, 4) is 0 Å². The first-order valence-electron chi connectivity index (χ1n) is 5.53. The number of benzene rings is 1. The summed E-state index contributed by atoms with van der Waals surface area (Å²) in [7, 11) is 4.03. The average molecular weight is 207 g/mol. The highest BCUT2D eigenvalue weighted by atomic mass is 16.3. The highest BCUT2D eigenvalue weighted by Gasteiger charge is 2.24. The first-order chi connectivity index (χ1) is 7.03. The summed E-state index contributed by atoms with van der Waals surface area (Å²) in [5.41, 5.74) is 1.51. The van der Waals surface area contributed by atoms with Gasteiger partial charge >= 0.3 is 0 Å². The number of rotatable bonds is 4. The molecule has 0 unspecified atom stereocenters. The molecule has 0 radical (unpaired) electrons. The highest BCUT2D eigenvalue weighted by molar-refractivity contribution is 5.46. The van der Waals surface area contributed by atoms with Gasteiger partial charge in [0.1, 0.15) is 0 Å². The average Bonchev–Trinajstić information content (AvgIpc) is 2.28. The van der Waals surface area contributed by atoms with Gasteiger partial charge in [0, 0.05) is 19.8 Å². The van der Waals surface area contributed by atoms with Crippen molar-refractivity contribution in [3.05, 3.63) is 29.8 Å². The standard InChI is InChI=1S/C13H21NO/c1-5-13(15,6-2)11-7-9-12(10-8-11)14(3)4/h7-10,15H,5-6H2,1-4H3. The molecule has 1 rings (SSSR count). The molecule has 0 aliphatic carbocycles. The molecule has 1 aromatic carbocycles. The van der Waals surface area contributed by atoms with Gasteiger partial charge in [-0.15, -0.1) is 0 Å². The van der Waals surface area contributed by atoms with E-state index in [1.54, 1.807) is 0 Å². The number of hydrogen-bond donors (Lipinski definition) is 1. The van der Waals surface area contributed by atoms with Crippen molar-refractivity contribution in [1.82, 2.24) is 0 Å². The summed E-state index contributed by atoms with van der Waals surface area (Å²) in [5, 5.41) is 10.3. The summed E-state index contributed by atoms with van der Waals surface area (Å²) in [6.07, 6.45) is 1.51. The summed E-state index contributed by atoms with van der Waals surface area (Å²) >= 11 is 0. The second-order valence-electron chi connectivity index (χ2n) is 4.18. The van der Waals surface area contributed by atoms with Crippen molar-refractivity contribution in [1.29, 1.82) is 0 Å². The molecule has 0 heterocycles. The van der Waals surface area contributed by atoms with Gasteiger partial charge in [-0.2, -0.15) is 0 Å². The van der Waals surface area contributed by atoms with Crippen molar-refractivity contribution in [3.63, 3.8) is 0 Å². The maximum atomic E-state index is 10.3. The van der Waals surface area contributed by atoms with E-state index in [0.717, 1.165) is 24.1 Å². The van der Waals surface area contributed by atoms with E-state index in [4.69, 9.17) is 0 Å². The highest BCUT2D eigenvalue weighted by Crippen LogP contribution is 2.29. The lowest BCUT2D eigenvalue weighted by atomic mass is 9.88. The predicted molar refractivity (Wildman–Crippen MR) is 65.2 cm³/mol. The summed E-state index contributed by atoms with van der Waals surface area (Å²) in [6, 6.07) is 8.13. The van der Waals surface area contributed by atoms with Gasteiger partial charge in [0.2, 0.25) is 0 Å². The minimum atomic E-state index is -0.662. The van der Waals surface area contributed by atoms with Gasteiger partial charge in [0.05, 0.1) is 5.60 Å². The van der Waals surface area contributed by atoms with E-state index in [0.29, 0.717) is 0 Å². The molecule has 1 N–H and O–H groups in total. The van der Waals surface area contributed by atoms with Crippen LogP contribution in [0.2, 0.25) is 0 Å². The molecule has 0 atom stereocenters. The molecular weight excluding hydrogens is 186 g/mol. The topological polar surface area (TPSA) is 23.5 Å². The second kappa shape index (κ2) is 4.67. The molecule has 1 aromatic rings. The number of hydrogen-bond acceptors (Lipinski definition) is 2. The fourth-order valence-corrected chi connectivity index (χ4v) is 1.73. The number of nitrogens with zero attached hydrogens (tertiary/aromatic N) is 1. The molecular formula is C13H21NO. The van der Waals surface area contributed by atoms with Crippen molar-refractivity contribution >= 4 is 5.69 Å². The number of anilines is 1. The van der Waals surface area contributed by atoms with Gasteiger partial charge < -0.3 is 10.0 Å². The first kappa shape index (κ1) is 12.1. The maximum absolute atomic E-state index is 10.3. The van der Waals surface area contributed by atoms with E-state index < -0.39 is 5.60 Å². The predicted octanol–water partition coefficient (Wildman–Crippen LogP) is 2.76. The van der Waals surface area contributed by atoms with Crippen LogP contribution in [0, 0.1) is 0 Å². The Morgan fingerprint density at radius 3 is 1.87 bits per heavy atom. The van der Waals surface area contributed by atoms with Crippen molar-refractivity contribution in [2.24, 2.45) is 0 Å². The van der Waals surface area contributed by atoms with E-state index >= 15 is 0 Å². The molecule has 0 amide bonds. The first-order valence-corrected chi connectivity index (χ1v) is 5.53. The van der Waals surface area contributed by atoms with Gasteiger partial charge in [-0.1, -0.05) is 26.0 Å². The van der Waals surface area contributed by atoms with E-state index in [-0.39, 0.29) is 0 Å². The Hall–Kier alpha value is -1.02. The van der Waals surface area contributed by atoms with Crippen molar-refractivity contribution in [2.45, 2.75) is 32.3 Å².